The van der Waals surface area contributed by atoms with Crippen LogP contribution in [0.15, 0.2) is 47.0 Å². The van der Waals surface area contributed by atoms with E-state index in [1.807, 2.05) is 0 Å². The van der Waals surface area contributed by atoms with Gasteiger partial charge in [-0.1, -0.05) is 18.2 Å². The molecule has 0 radical (unpaired) electrons. The normalized spacial score (nSPS) is 19.6. The van der Waals surface area contributed by atoms with Crippen LogP contribution in [0, 0.1) is 0 Å². The Morgan fingerprint density at radius 1 is 1.06 bits per heavy atom. The van der Waals surface area contributed by atoms with Crippen LogP contribution in [-0.4, -0.2) is 50.7 Å². The number of benzene rings is 1. The Kier molecular flexibility index (Phi) is 6.24. The van der Waals surface area contributed by atoms with Gasteiger partial charge >= 0.3 is 23.9 Å². The molecule has 3 rings (SSSR count). The van der Waals surface area contributed by atoms with E-state index < -0.39 is 29.3 Å². The van der Waals surface area contributed by atoms with E-state index in [4.69, 9.17) is 24.7 Å². The number of nitrogens with zero attached hydrogens (tertiary/aromatic N) is 1. The third kappa shape index (κ3) is 3.28. The zero-order chi connectivity index (χ0) is 23.6. The maximum absolute atomic E-state index is 13.4. The molecule has 2 heterocycles. The number of anilines is 1. The second-order valence-electron chi connectivity index (χ2n) is 6.95. The summed E-state index contributed by atoms with van der Waals surface area (Å²) in [6, 6.07) is 6.47. The summed E-state index contributed by atoms with van der Waals surface area (Å²) in [6.07, 6.45) is 0. The molecule has 2 N–H and O–H groups in total. The number of hydrogen-bond donors (Lipinski definition) is 1. The van der Waals surface area contributed by atoms with Crippen molar-refractivity contribution in [3.8, 4) is 0 Å². The summed E-state index contributed by atoms with van der Waals surface area (Å²) in [5.74, 6) is -3.53. The van der Waals surface area contributed by atoms with Crippen molar-refractivity contribution in [1.82, 2.24) is 0 Å². The van der Waals surface area contributed by atoms with E-state index >= 15 is 0 Å². The van der Waals surface area contributed by atoms with E-state index in [1.54, 1.807) is 38.1 Å². The van der Waals surface area contributed by atoms with Gasteiger partial charge < -0.3 is 29.6 Å². The Morgan fingerprint density at radius 2 is 1.66 bits per heavy atom. The lowest BCUT2D eigenvalue weighted by Crippen LogP contribution is -2.51. The maximum Gasteiger partial charge on any atom is 0.339 e. The lowest BCUT2D eigenvalue weighted by molar-refractivity contribution is -0.147. The van der Waals surface area contributed by atoms with Gasteiger partial charge in [0.15, 0.2) is 5.41 Å². The van der Waals surface area contributed by atoms with Gasteiger partial charge in [0.25, 0.3) is 0 Å². The van der Waals surface area contributed by atoms with Crippen molar-refractivity contribution in [1.29, 1.82) is 0 Å². The molecule has 10 heteroatoms. The van der Waals surface area contributed by atoms with E-state index in [9.17, 15) is 19.2 Å². The second-order valence-corrected chi connectivity index (χ2v) is 6.95. The van der Waals surface area contributed by atoms with Crippen LogP contribution in [-0.2, 0) is 43.5 Å². The van der Waals surface area contributed by atoms with Crippen molar-refractivity contribution in [3.05, 3.63) is 52.6 Å². The summed E-state index contributed by atoms with van der Waals surface area (Å²) < 4.78 is 20.5. The topological polar surface area (TPSA) is 134 Å². The standard InChI is InChI=1S/C22H24N2O8/c1-5-30-19(26)16-12(3)32-21(28)22(16)13-9-7-8-10-14(13)24(11-15(25)29-4)18(23)17(22)20(27)31-6-2/h7-10H,5-6,11,23H2,1-4H3. The SMILES string of the molecule is CCOC(=O)C1=C(C)OC(=O)C12C(C(=O)OCC)=C(N)N(CC(=O)OC)c1ccccc12. The lowest BCUT2D eigenvalue weighted by Gasteiger charge is -2.40. The molecule has 0 amide bonds. The molecule has 0 saturated heterocycles. The van der Waals surface area contributed by atoms with Gasteiger partial charge in [0.2, 0.25) is 0 Å². The van der Waals surface area contributed by atoms with Crippen LogP contribution in [0.3, 0.4) is 0 Å². The number of para-hydroxylation sites is 1. The molecule has 0 aromatic heterocycles. The van der Waals surface area contributed by atoms with Crippen LogP contribution in [0.5, 0.6) is 0 Å². The molecule has 1 aromatic carbocycles. The molecule has 0 bridgehead atoms. The first kappa shape index (κ1) is 22.9. The number of fused-ring (bicyclic) bond motifs is 2. The molecule has 10 nitrogen and oxygen atoms in total. The number of hydrogen-bond acceptors (Lipinski definition) is 10. The van der Waals surface area contributed by atoms with E-state index in [2.05, 4.69) is 0 Å². The highest BCUT2D eigenvalue weighted by Gasteiger charge is 2.63. The summed E-state index contributed by atoms with van der Waals surface area (Å²) >= 11 is 0. The van der Waals surface area contributed by atoms with Gasteiger partial charge in [-0.25, -0.2) is 14.4 Å². The summed E-state index contributed by atoms with van der Waals surface area (Å²) in [7, 11) is 1.21. The number of cyclic esters (lactones) is 1. The second kappa shape index (κ2) is 8.74. The Hall–Kier alpha value is -3.82. The Labute approximate surface area is 184 Å². The first-order valence-corrected chi connectivity index (χ1v) is 9.97. The number of carbonyl (C=O) groups is 4. The molecule has 2 aliphatic heterocycles. The highest BCUT2D eigenvalue weighted by molar-refractivity contribution is 6.16. The van der Waals surface area contributed by atoms with Crippen molar-refractivity contribution in [3.63, 3.8) is 0 Å². The Balaban J connectivity index is 2.42. The minimum atomic E-state index is -2.02. The van der Waals surface area contributed by atoms with Gasteiger partial charge in [0, 0.05) is 11.3 Å². The number of rotatable bonds is 6. The van der Waals surface area contributed by atoms with Crippen LogP contribution < -0.4 is 10.6 Å². The van der Waals surface area contributed by atoms with E-state index in [1.165, 1.54) is 18.9 Å². The summed E-state index contributed by atoms with van der Waals surface area (Å²) in [6.45, 7) is 4.30. The Bertz CT molecular complexity index is 1060. The minimum Gasteiger partial charge on any atom is -0.468 e. The first-order valence-electron chi connectivity index (χ1n) is 9.97. The quantitative estimate of drug-likeness (QED) is 0.501. The highest BCUT2D eigenvalue weighted by Crippen LogP contribution is 2.54. The average Bonchev–Trinajstić information content (AvgIpc) is 3.01. The monoisotopic (exact) mass is 444 g/mol. The zero-order valence-electron chi connectivity index (χ0n) is 18.2. The summed E-state index contributed by atoms with van der Waals surface area (Å²) in [5, 5.41) is 0. The Morgan fingerprint density at radius 3 is 2.25 bits per heavy atom. The molecular weight excluding hydrogens is 420 g/mol. The van der Waals surface area contributed by atoms with E-state index in [0.717, 1.165) is 0 Å². The largest absolute Gasteiger partial charge is 0.468 e. The van der Waals surface area contributed by atoms with Gasteiger partial charge in [0.1, 0.15) is 29.3 Å². The van der Waals surface area contributed by atoms with E-state index in [-0.39, 0.29) is 48.0 Å². The molecule has 2 aliphatic rings. The van der Waals surface area contributed by atoms with Crippen LogP contribution in [0.4, 0.5) is 5.69 Å². The van der Waals surface area contributed by atoms with Crippen molar-refractivity contribution < 1.29 is 38.1 Å². The van der Waals surface area contributed by atoms with Crippen molar-refractivity contribution >= 4 is 29.6 Å². The molecular formula is C22H24N2O8. The molecule has 170 valence electrons. The maximum atomic E-state index is 13.4. The highest BCUT2D eigenvalue weighted by atomic mass is 16.6. The van der Waals surface area contributed by atoms with Crippen molar-refractivity contribution in [2.24, 2.45) is 5.73 Å². The van der Waals surface area contributed by atoms with Gasteiger partial charge in [-0.05, 0) is 26.8 Å². The molecule has 1 atom stereocenters. The summed E-state index contributed by atoms with van der Waals surface area (Å²) in [5.41, 5.74) is 4.43. The van der Waals surface area contributed by atoms with Crippen molar-refractivity contribution in [2.45, 2.75) is 26.2 Å². The molecule has 0 saturated carbocycles. The number of nitrogens with two attached hydrogens (primary N) is 1. The van der Waals surface area contributed by atoms with Gasteiger partial charge in [-0.2, -0.15) is 0 Å². The molecule has 32 heavy (non-hydrogen) atoms. The minimum absolute atomic E-state index is 0.0146. The lowest BCUT2D eigenvalue weighted by atomic mass is 9.66. The van der Waals surface area contributed by atoms with Crippen LogP contribution in [0.2, 0.25) is 0 Å². The third-order valence-electron chi connectivity index (χ3n) is 5.27. The van der Waals surface area contributed by atoms with Crippen LogP contribution in [0.25, 0.3) is 0 Å². The predicted molar refractivity (Wildman–Crippen MR) is 111 cm³/mol. The average molecular weight is 444 g/mol. The van der Waals surface area contributed by atoms with Gasteiger partial charge in [0.05, 0.1) is 20.3 Å². The smallest absolute Gasteiger partial charge is 0.339 e. The number of methoxy groups -OCH3 is 1. The summed E-state index contributed by atoms with van der Waals surface area (Å²) in [4.78, 5) is 53.0. The molecule has 1 spiro atoms. The number of carbonyl (C=O) groups excluding carboxylic acids is 4. The fourth-order valence-electron chi connectivity index (χ4n) is 4.05. The predicted octanol–water partition coefficient (Wildman–Crippen LogP) is 1.04. The van der Waals surface area contributed by atoms with Crippen LogP contribution in [0.1, 0.15) is 26.3 Å². The number of esters is 4. The van der Waals surface area contributed by atoms with Gasteiger partial charge in [-0.3, -0.25) is 4.79 Å². The number of allylic oxidation sites excluding steroid dienone is 1. The molecule has 0 aliphatic carbocycles. The van der Waals surface area contributed by atoms with Crippen molar-refractivity contribution in [2.75, 3.05) is 31.8 Å². The fraction of sp³-hybridized carbons (Fsp3) is 0.364. The fourth-order valence-corrected chi connectivity index (χ4v) is 4.05. The molecule has 1 aromatic rings. The zero-order valence-corrected chi connectivity index (χ0v) is 18.2. The molecule has 1 unspecified atom stereocenters. The van der Waals surface area contributed by atoms with Gasteiger partial charge in [-0.15, -0.1) is 0 Å². The van der Waals surface area contributed by atoms with E-state index in [0.29, 0.717) is 5.69 Å². The molecule has 0 fully saturated rings. The number of ether oxygens (including phenoxy) is 4. The third-order valence-corrected chi connectivity index (χ3v) is 5.27. The first-order chi connectivity index (χ1) is 15.2. The van der Waals surface area contributed by atoms with Crippen LogP contribution >= 0.6 is 0 Å².